The minimum absolute atomic E-state index is 0.0125. The zero-order valence-electron chi connectivity index (χ0n) is 14.3. The van der Waals surface area contributed by atoms with Crippen molar-refractivity contribution in [3.63, 3.8) is 0 Å². The van der Waals surface area contributed by atoms with Crippen molar-refractivity contribution < 1.29 is 14.3 Å². The van der Waals surface area contributed by atoms with Gasteiger partial charge in [0, 0.05) is 21.2 Å². The Labute approximate surface area is 134 Å². The third-order valence-corrected chi connectivity index (χ3v) is 5.75. The van der Waals surface area contributed by atoms with E-state index in [1.165, 1.54) is 0 Å². The van der Waals surface area contributed by atoms with Gasteiger partial charge in [-0.05, 0) is 23.6 Å². The maximum Gasteiger partial charge on any atom is 0.259 e. The van der Waals surface area contributed by atoms with Gasteiger partial charge in [0.05, 0.1) is 12.7 Å². The summed E-state index contributed by atoms with van der Waals surface area (Å²) in [6.07, 6.45) is 0. The van der Waals surface area contributed by atoms with E-state index in [0.717, 1.165) is 18.2 Å². The summed E-state index contributed by atoms with van der Waals surface area (Å²) in [5.41, 5.74) is 1.76. The van der Waals surface area contributed by atoms with Crippen molar-refractivity contribution in [2.75, 3.05) is 27.0 Å². The lowest BCUT2D eigenvalue weighted by Crippen LogP contribution is -2.41. The van der Waals surface area contributed by atoms with Crippen LogP contribution in [-0.2, 0) is 4.74 Å². The second-order valence-electron chi connectivity index (χ2n) is 7.20. The van der Waals surface area contributed by atoms with Crippen LogP contribution in [0.3, 0.4) is 0 Å². The maximum absolute atomic E-state index is 12.7. The van der Waals surface area contributed by atoms with Crippen LogP contribution in [0.5, 0.6) is 5.75 Å². The van der Waals surface area contributed by atoms with Crippen LogP contribution in [-0.4, -0.2) is 45.9 Å². The highest BCUT2D eigenvalue weighted by Gasteiger charge is 2.31. The summed E-state index contributed by atoms with van der Waals surface area (Å²) in [6, 6.07) is 6.93. The Morgan fingerprint density at radius 2 is 2.05 bits per heavy atom. The van der Waals surface area contributed by atoms with Gasteiger partial charge in [-0.1, -0.05) is 38.7 Å². The Kier molecular flexibility index (Phi) is 5.29. The molecule has 1 aromatic carbocycles. The average molecular weight is 321 g/mol. The first kappa shape index (κ1) is 17.0. The molecule has 0 aromatic heterocycles. The molecule has 0 spiro atoms. The third-order valence-electron chi connectivity index (χ3n) is 4.05. The first-order valence-electron chi connectivity index (χ1n) is 7.87. The van der Waals surface area contributed by atoms with Crippen molar-refractivity contribution in [1.29, 1.82) is 0 Å². The van der Waals surface area contributed by atoms with Crippen molar-refractivity contribution in [1.82, 2.24) is 4.90 Å². The summed E-state index contributed by atoms with van der Waals surface area (Å²) in [5, 5.41) is 0. The molecule has 5 heteroatoms. The van der Waals surface area contributed by atoms with Crippen LogP contribution in [0.15, 0.2) is 18.2 Å². The molecule has 1 heterocycles. The molecule has 2 rings (SSSR count). The number of ether oxygens (including phenoxy) is 2. The first-order chi connectivity index (χ1) is 10.3. The van der Waals surface area contributed by atoms with E-state index >= 15 is 0 Å². The van der Waals surface area contributed by atoms with E-state index in [2.05, 4.69) is 26.6 Å². The second kappa shape index (κ2) is 6.83. The van der Waals surface area contributed by atoms with E-state index in [9.17, 15) is 4.79 Å². The van der Waals surface area contributed by atoms with Crippen LogP contribution < -0.4 is 4.74 Å². The van der Waals surface area contributed by atoms with Gasteiger partial charge in [0.15, 0.2) is 0 Å². The zero-order chi connectivity index (χ0) is 16.3. The largest absolute Gasteiger partial charge is 0.496 e. The number of amides is 1. The number of methoxy groups -OCH3 is 1. The fraction of sp³-hybridized carbons (Fsp3) is 0.588. The molecule has 0 aliphatic carbocycles. The van der Waals surface area contributed by atoms with Crippen LogP contribution in [0.2, 0.25) is 25.7 Å². The molecule has 0 saturated heterocycles. The molecular weight excluding hydrogens is 294 g/mol. The summed E-state index contributed by atoms with van der Waals surface area (Å²) >= 11 is 0. The Hall–Kier alpha value is -1.33. The summed E-state index contributed by atoms with van der Waals surface area (Å²) in [7, 11) is 0.513. The highest BCUT2D eigenvalue weighted by molar-refractivity contribution is 6.76. The van der Waals surface area contributed by atoms with Gasteiger partial charge in [0.2, 0.25) is 0 Å². The molecule has 1 aliphatic heterocycles. The molecule has 22 heavy (non-hydrogen) atoms. The molecule has 0 fully saturated rings. The van der Waals surface area contributed by atoms with Crippen LogP contribution >= 0.6 is 0 Å². The smallest absolute Gasteiger partial charge is 0.259 e. The molecule has 4 nitrogen and oxygen atoms in total. The molecule has 1 atom stereocenters. The molecular formula is C17H27NO3Si. The van der Waals surface area contributed by atoms with Gasteiger partial charge < -0.3 is 14.4 Å². The van der Waals surface area contributed by atoms with Crippen LogP contribution in [0.1, 0.15) is 28.8 Å². The van der Waals surface area contributed by atoms with E-state index in [1.807, 2.05) is 18.2 Å². The summed E-state index contributed by atoms with van der Waals surface area (Å²) in [4.78, 5) is 14.5. The lowest BCUT2D eigenvalue weighted by molar-refractivity contribution is 0.0234. The normalized spacial score (nSPS) is 18.3. The van der Waals surface area contributed by atoms with Crippen LogP contribution in [0, 0.1) is 0 Å². The molecule has 122 valence electrons. The predicted octanol–water partition coefficient (Wildman–Crippen LogP) is 3.57. The lowest BCUT2D eigenvalue weighted by atomic mass is 9.90. The molecule has 0 radical (unpaired) electrons. The van der Waals surface area contributed by atoms with Gasteiger partial charge >= 0.3 is 0 Å². The summed E-state index contributed by atoms with van der Waals surface area (Å²) < 4.78 is 11.1. The highest BCUT2D eigenvalue weighted by atomic mass is 28.3. The van der Waals surface area contributed by atoms with E-state index in [0.29, 0.717) is 30.5 Å². The second-order valence-corrected chi connectivity index (χ2v) is 12.8. The number of rotatable bonds is 6. The van der Waals surface area contributed by atoms with Gasteiger partial charge in [-0.3, -0.25) is 4.79 Å². The number of benzene rings is 1. The van der Waals surface area contributed by atoms with E-state index in [4.69, 9.17) is 9.47 Å². The Balaban J connectivity index is 2.05. The van der Waals surface area contributed by atoms with Crippen molar-refractivity contribution >= 4 is 14.0 Å². The zero-order valence-corrected chi connectivity index (χ0v) is 15.3. The molecule has 0 bridgehead atoms. The van der Waals surface area contributed by atoms with Gasteiger partial charge in [0.1, 0.15) is 12.5 Å². The molecule has 1 unspecified atom stereocenters. The highest BCUT2D eigenvalue weighted by Crippen LogP contribution is 2.33. The molecule has 1 amide bonds. The molecule has 0 saturated carbocycles. The van der Waals surface area contributed by atoms with E-state index in [-0.39, 0.29) is 5.91 Å². The van der Waals surface area contributed by atoms with Gasteiger partial charge in [-0.2, -0.15) is 0 Å². The first-order valence-corrected chi connectivity index (χ1v) is 11.6. The Morgan fingerprint density at radius 3 is 2.68 bits per heavy atom. The SMILES string of the molecule is COc1cccc2c1C(=O)N(COCC[Si](C)(C)C)CC2C. The number of fused-ring (bicyclic) bond motifs is 1. The molecule has 1 aromatic rings. The number of hydrogen-bond acceptors (Lipinski definition) is 3. The van der Waals surface area contributed by atoms with Gasteiger partial charge in [-0.25, -0.2) is 0 Å². The minimum Gasteiger partial charge on any atom is -0.496 e. The average Bonchev–Trinajstić information content (AvgIpc) is 2.46. The van der Waals surface area contributed by atoms with Crippen molar-refractivity contribution in [3.8, 4) is 5.75 Å². The fourth-order valence-corrected chi connectivity index (χ4v) is 3.45. The topological polar surface area (TPSA) is 38.8 Å². The molecule has 0 N–H and O–H groups in total. The van der Waals surface area contributed by atoms with Gasteiger partial charge in [0.25, 0.3) is 5.91 Å². The standard InChI is InChI=1S/C17H27NO3Si/c1-13-11-18(12-21-9-10-22(3,4)5)17(19)16-14(13)7-6-8-15(16)20-2/h6-8,13H,9-12H2,1-5H3. The van der Waals surface area contributed by atoms with Gasteiger partial charge in [-0.15, -0.1) is 0 Å². The monoisotopic (exact) mass is 321 g/mol. The van der Waals surface area contributed by atoms with Crippen molar-refractivity contribution in [2.45, 2.75) is 38.5 Å². The number of carbonyl (C=O) groups is 1. The minimum atomic E-state index is -1.10. The van der Waals surface area contributed by atoms with Crippen LogP contribution in [0.4, 0.5) is 0 Å². The van der Waals surface area contributed by atoms with E-state index in [1.54, 1.807) is 12.0 Å². The quantitative estimate of drug-likeness (QED) is 0.594. The predicted molar refractivity (Wildman–Crippen MR) is 91.4 cm³/mol. The molecule has 1 aliphatic rings. The number of nitrogens with zero attached hydrogens (tertiary/aromatic N) is 1. The van der Waals surface area contributed by atoms with Crippen LogP contribution in [0.25, 0.3) is 0 Å². The van der Waals surface area contributed by atoms with E-state index < -0.39 is 8.07 Å². The fourth-order valence-electron chi connectivity index (χ4n) is 2.69. The maximum atomic E-state index is 12.7. The van der Waals surface area contributed by atoms with Crippen molar-refractivity contribution in [3.05, 3.63) is 29.3 Å². The number of hydrogen-bond donors (Lipinski definition) is 0. The lowest BCUT2D eigenvalue weighted by Gasteiger charge is -2.33. The Bertz CT molecular complexity index is 539. The summed E-state index contributed by atoms with van der Waals surface area (Å²) in [6.45, 7) is 10.9. The number of carbonyl (C=O) groups excluding carboxylic acids is 1. The van der Waals surface area contributed by atoms with Crippen molar-refractivity contribution in [2.24, 2.45) is 0 Å². The summed E-state index contributed by atoms with van der Waals surface area (Å²) in [5.74, 6) is 0.961. The third kappa shape index (κ3) is 3.90. The Morgan fingerprint density at radius 1 is 1.32 bits per heavy atom.